The van der Waals surface area contributed by atoms with E-state index in [1.807, 2.05) is 0 Å². The van der Waals surface area contributed by atoms with E-state index >= 15 is 0 Å². The fraction of sp³-hybridized carbons (Fsp3) is 0.417. The fourth-order valence-corrected chi connectivity index (χ4v) is 2.05. The molecule has 0 saturated carbocycles. The van der Waals surface area contributed by atoms with Gasteiger partial charge in [-0.25, -0.2) is 0 Å². The molecular weight excluding hydrogens is 321 g/mol. The first-order valence-corrected chi connectivity index (χ1v) is 6.69. The molecule has 0 aromatic heterocycles. The van der Waals surface area contributed by atoms with Gasteiger partial charge in [0.1, 0.15) is 5.84 Å². The van der Waals surface area contributed by atoms with Crippen LogP contribution in [0.3, 0.4) is 0 Å². The number of benzene rings is 1. The molecule has 0 fully saturated rings. The van der Waals surface area contributed by atoms with Crippen LogP contribution in [0.2, 0.25) is 10.0 Å². The molecule has 0 aliphatic heterocycles. The standard InChI is InChI=1S/C12H15Cl2N3O4/c1-12(2,11(15)16-18)3-4-21-10-8(13)5-7(17(19)20)6-9(10)14/h5-6,18H,3-4H2,1-2H3,(H2,15,16). The number of halogens is 2. The number of hydrogen-bond donors (Lipinski definition) is 2. The predicted molar refractivity (Wildman–Crippen MR) is 80.4 cm³/mol. The molecule has 0 heterocycles. The van der Waals surface area contributed by atoms with Crippen LogP contribution >= 0.6 is 23.2 Å². The maximum atomic E-state index is 10.7. The third kappa shape index (κ3) is 4.37. The van der Waals surface area contributed by atoms with Crippen molar-refractivity contribution in [1.29, 1.82) is 0 Å². The van der Waals surface area contributed by atoms with Crippen LogP contribution in [0.15, 0.2) is 17.3 Å². The SMILES string of the molecule is CC(C)(CCOc1c(Cl)cc([N+](=O)[O-])cc1Cl)C(N)=NO. The Morgan fingerprint density at radius 1 is 1.48 bits per heavy atom. The summed E-state index contributed by atoms with van der Waals surface area (Å²) in [5.41, 5.74) is 4.77. The van der Waals surface area contributed by atoms with Crippen LogP contribution in [-0.4, -0.2) is 22.6 Å². The number of nitrogens with zero attached hydrogens (tertiary/aromatic N) is 2. The molecule has 0 aliphatic rings. The van der Waals surface area contributed by atoms with E-state index in [2.05, 4.69) is 5.16 Å². The summed E-state index contributed by atoms with van der Waals surface area (Å²) in [7, 11) is 0. The van der Waals surface area contributed by atoms with Gasteiger partial charge in [-0.1, -0.05) is 42.2 Å². The van der Waals surface area contributed by atoms with Gasteiger partial charge in [-0.3, -0.25) is 10.1 Å². The molecular formula is C12H15Cl2N3O4. The van der Waals surface area contributed by atoms with Gasteiger partial charge in [-0.05, 0) is 6.42 Å². The van der Waals surface area contributed by atoms with Crippen molar-refractivity contribution in [2.45, 2.75) is 20.3 Å². The summed E-state index contributed by atoms with van der Waals surface area (Å²) < 4.78 is 5.45. The van der Waals surface area contributed by atoms with Gasteiger partial charge in [0, 0.05) is 17.5 Å². The first-order chi connectivity index (χ1) is 9.69. The Balaban J connectivity index is 2.80. The van der Waals surface area contributed by atoms with Crippen molar-refractivity contribution in [1.82, 2.24) is 0 Å². The lowest BCUT2D eigenvalue weighted by Gasteiger charge is -2.22. The van der Waals surface area contributed by atoms with E-state index in [4.69, 9.17) is 38.9 Å². The van der Waals surface area contributed by atoms with Crippen LogP contribution in [0.4, 0.5) is 5.69 Å². The van der Waals surface area contributed by atoms with Gasteiger partial charge >= 0.3 is 0 Å². The molecule has 0 amide bonds. The molecule has 0 unspecified atom stereocenters. The van der Waals surface area contributed by atoms with E-state index in [0.717, 1.165) is 12.1 Å². The molecule has 116 valence electrons. The van der Waals surface area contributed by atoms with Crippen LogP contribution in [0, 0.1) is 15.5 Å². The van der Waals surface area contributed by atoms with Crippen molar-refractivity contribution in [2.75, 3.05) is 6.61 Å². The first kappa shape index (κ1) is 17.3. The Morgan fingerprint density at radius 2 is 2.00 bits per heavy atom. The minimum atomic E-state index is -0.594. The summed E-state index contributed by atoms with van der Waals surface area (Å²) in [6.45, 7) is 3.76. The van der Waals surface area contributed by atoms with E-state index < -0.39 is 10.3 Å². The highest BCUT2D eigenvalue weighted by Gasteiger charge is 2.24. The zero-order valence-corrected chi connectivity index (χ0v) is 13.0. The minimum absolute atomic E-state index is 0.0517. The Labute approximate surface area is 131 Å². The van der Waals surface area contributed by atoms with Crippen LogP contribution in [0.1, 0.15) is 20.3 Å². The highest BCUT2D eigenvalue weighted by atomic mass is 35.5. The smallest absolute Gasteiger partial charge is 0.272 e. The normalized spacial score (nSPS) is 12.3. The van der Waals surface area contributed by atoms with Crippen LogP contribution < -0.4 is 10.5 Å². The molecule has 1 aromatic carbocycles. The average molecular weight is 336 g/mol. The summed E-state index contributed by atoms with van der Waals surface area (Å²) in [5.74, 6) is 0.242. The van der Waals surface area contributed by atoms with Gasteiger partial charge in [-0.15, -0.1) is 0 Å². The van der Waals surface area contributed by atoms with Crippen LogP contribution in [0.25, 0.3) is 0 Å². The zero-order chi connectivity index (χ0) is 16.2. The lowest BCUT2D eigenvalue weighted by atomic mass is 9.88. The van der Waals surface area contributed by atoms with E-state index in [-0.39, 0.29) is 33.9 Å². The number of nitro benzene ring substituents is 1. The highest BCUT2D eigenvalue weighted by Crippen LogP contribution is 2.37. The van der Waals surface area contributed by atoms with Crippen molar-refractivity contribution < 1.29 is 14.9 Å². The van der Waals surface area contributed by atoms with Crippen molar-refractivity contribution in [3.63, 3.8) is 0 Å². The largest absolute Gasteiger partial charge is 0.490 e. The zero-order valence-electron chi connectivity index (χ0n) is 11.5. The molecule has 3 N–H and O–H groups in total. The molecule has 0 aliphatic carbocycles. The van der Waals surface area contributed by atoms with Gasteiger partial charge in [-0.2, -0.15) is 0 Å². The monoisotopic (exact) mass is 335 g/mol. The van der Waals surface area contributed by atoms with Gasteiger partial charge in [0.05, 0.1) is 21.6 Å². The second-order valence-corrected chi connectivity index (χ2v) is 5.78. The van der Waals surface area contributed by atoms with Crippen LogP contribution in [-0.2, 0) is 0 Å². The first-order valence-electron chi connectivity index (χ1n) is 5.93. The topological polar surface area (TPSA) is 111 Å². The summed E-state index contributed by atoms with van der Waals surface area (Å²) >= 11 is 11.8. The summed E-state index contributed by atoms with van der Waals surface area (Å²) in [4.78, 5) is 10.1. The van der Waals surface area contributed by atoms with E-state index in [0.29, 0.717) is 6.42 Å². The van der Waals surface area contributed by atoms with Gasteiger partial charge in [0.25, 0.3) is 5.69 Å². The Kier molecular flexibility index (Phi) is 5.62. The summed E-state index contributed by atoms with van der Waals surface area (Å²) in [5, 5.41) is 22.4. The second kappa shape index (κ2) is 6.82. The molecule has 7 nitrogen and oxygen atoms in total. The van der Waals surface area contributed by atoms with Gasteiger partial charge < -0.3 is 15.7 Å². The van der Waals surface area contributed by atoms with E-state index in [1.54, 1.807) is 13.8 Å². The molecule has 0 radical (unpaired) electrons. The number of amidine groups is 1. The number of non-ortho nitro benzene ring substituents is 1. The Bertz CT molecular complexity index is 553. The number of ether oxygens (including phenoxy) is 1. The van der Waals surface area contributed by atoms with Gasteiger partial charge in [0.15, 0.2) is 5.75 Å². The maximum absolute atomic E-state index is 10.7. The number of nitrogens with two attached hydrogens (primary N) is 1. The van der Waals surface area contributed by atoms with Gasteiger partial charge in [0.2, 0.25) is 0 Å². The lowest BCUT2D eigenvalue weighted by Crippen LogP contribution is -2.33. The molecule has 1 rings (SSSR count). The van der Waals surface area contributed by atoms with Crippen LogP contribution in [0.5, 0.6) is 5.75 Å². The van der Waals surface area contributed by atoms with Crippen molar-refractivity contribution in [3.05, 3.63) is 32.3 Å². The number of nitro groups is 1. The number of hydrogen-bond acceptors (Lipinski definition) is 5. The molecule has 9 heteroatoms. The van der Waals surface area contributed by atoms with Crippen molar-refractivity contribution in [2.24, 2.45) is 16.3 Å². The quantitative estimate of drug-likeness (QED) is 0.272. The van der Waals surface area contributed by atoms with Crippen molar-refractivity contribution >= 4 is 34.7 Å². The summed E-state index contributed by atoms with van der Waals surface area (Å²) in [6.07, 6.45) is 0.437. The van der Waals surface area contributed by atoms with E-state index in [9.17, 15) is 10.1 Å². The summed E-state index contributed by atoms with van der Waals surface area (Å²) in [6, 6.07) is 2.33. The Hall–Kier alpha value is -1.73. The third-order valence-electron chi connectivity index (χ3n) is 2.97. The molecule has 0 spiro atoms. The number of oxime groups is 1. The molecule has 0 bridgehead atoms. The molecule has 0 atom stereocenters. The maximum Gasteiger partial charge on any atom is 0.272 e. The highest BCUT2D eigenvalue weighted by molar-refractivity contribution is 6.37. The molecule has 21 heavy (non-hydrogen) atoms. The predicted octanol–water partition coefficient (Wildman–Crippen LogP) is 3.44. The fourth-order valence-electron chi connectivity index (χ4n) is 1.46. The minimum Gasteiger partial charge on any atom is -0.490 e. The second-order valence-electron chi connectivity index (χ2n) is 4.96. The molecule has 1 aromatic rings. The number of rotatable bonds is 6. The molecule has 0 saturated heterocycles. The average Bonchev–Trinajstić information content (AvgIpc) is 2.40. The third-order valence-corrected chi connectivity index (χ3v) is 3.53. The van der Waals surface area contributed by atoms with Crippen molar-refractivity contribution in [3.8, 4) is 5.75 Å². The lowest BCUT2D eigenvalue weighted by molar-refractivity contribution is -0.384. The Morgan fingerprint density at radius 3 is 2.43 bits per heavy atom. The van der Waals surface area contributed by atoms with E-state index in [1.165, 1.54) is 0 Å².